The van der Waals surface area contributed by atoms with Gasteiger partial charge < -0.3 is 20.3 Å². The Morgan fingerprint density at radius 1 is 0.912 bits per heavy atom. The fourth-order valence-electron chi connectivity index (χ4n) is 3.64. The molecule has 3 rings (SSSR count). The van der Waals surface area contributed by atoms with Gasteiger partial charge in [0.1, 0.15) is 6.29 Å². The predicted octanol–water partition coefficient (Wildman–Crippen LogP) is 6.21. The molecule has 0 aliphatic rings. The van der Waals surface area contributed by atoms with Crippen LogP contribution in [0.1, 0.15) is 29.8 Å². The number of aryl methyl sites for hydroxylation is 1. The molecule has 1 atom stereocenters. The molecule has 3 aromatic carbocycles. The lowest BCUT2D eigenvalue weighted by atomic mass is 10.0. The second-order valence-corrected chi connectivity index (χ2v) is 9.73. The molecule has 0 heterocycles. The zero-order valence-corrected chi connectivity index (χ0v) is 21.8. The normalized spacial score (nSPS) is 11.6. The van der Waals surface area contributed by atoms with E-state index in [-0.39, 0.29) is 17.9 Å². The Morgan fingerprint density at radius 3 is 2.03 bits per heavy atom. The summed E-state index contributed by atoms with van der Waals surface area (Å²) in [5.74, 6) is -0.146. The molecule has 176 valence electrons. The maximum Gasteiger partial charge on any atom is 0.323 e. The molecule has 0 bridgehead atoms. The molecule has 3 amide bonds. The van der Waals surface area contributed by atoms with Gasteiger partial charge in [0.15, 0.2) is 0 Å². The largest absolute Gasteiger partial charge is 0.332 e. The highest BCUT2D eigenvalue weighted by atomic mass is 127. The number of hydrogen-bond acceptors (Lipinski definition) is 3. The van der Waals surface area contributed by atoms with Gasteiger partial charge in [-0.1, -0.05) is 38.1 Å². The number of halogens is 1. The standard InChI is InChI=1S/C27H28IN3O3/c1-17(2)25(16-32)31(4)26(33)21-7-5-19(6-8-21)20-9-12-23(13-10-20)29-27(34)30-24-14-11-22(28)15-18(24)3/h5-17,25H,1-4H3,(H2,29,30,34)/t25-/m1/s1. The predicted molar refractivity (Wildman–Crippen MR) is 145 cm³/mol. The topological polar surface area (TPSA) is 78.5 Å². The van der Waals surface area contributed by atoms with Crippen molar-refractivity contribution in [2.45, 2.75) is 26.8 Å². The van der Waals surface area contributed by atoms with E-state index in [1.54, 1.807) is 19.2 Å². The summed E-state index contributed by atoms with van der Waals surface area (Å²) in [6.45, 7) is 5.78. The maximum absolute atomic E-state index is 12.7. The summed E-state index contributed by atoms with van der Waals surface area (Å²) in [6.07, 6.45) is 0.814. The highest BCUT2D eigenvalue weighted by molar-refractivity contribution is 14.1. The summed E-state index contributed by atoms with van der Waals surface area (Å²) in [6, 6.07) is 19.8. The molecule has 0 radical (unpaired) electrons. The van der Waals surface area contributed by atoms with Crippen molar-refractivity contribution in [1.29, 1.82) is 0 Å². The van der Waals surface area contributed by atoms with E-state index in [4.69, 9.17) is 0 Å². The second-order valence-electron chi connectivity index (χ2n) is 8.48. The molecule has 0 unspecified atom stereocenters. The molecule has 6 nitrogen and oxygen atoms in total. The molecule has 0 saturated heterocycles. The Hall–Kier alpha value is -3.20. The average Bonchev–Trinajstić information content (AvgIpc) is 2.81. The number of nitrogens with one attached hydrogen (secondary N) is 2. The molecule has 0 fully saturated rings. The summed E-state index contributed by atoms with van der Waals surface area (Å²) in [5.41, 5.74) is 4.87. The molecule has 0 aromatic heterocycles. The van der Waals surface area contributed by atoms with E-state index < -0.39 is 6.04 Å². The fraction of sp³-hybridized carbons (Fsp3) is 0.222. The molecular formula is C27H28IN3O3. The number of urea groups is 1. The minimum atomic E-state index is -0.459. The lowest BCUT2D eigenvalue weighted by Crippen LogP contribution is -2.41. The molecular weight excluding hydrogens is 541 g/mol. The number of amides is 3. The van der Waals surface area contributed by atoms with Crippen LogP contribution >= 0.6 is 22.6 Å². The summed E-state index contributed by atoms with van der Waals surface area (Å²) >= 11 is 2.24. The first-order valence-corrected chi connectivity index (χ1v) is 12.0. The number of hydrogen-bond donors (Lipinski definition) is 2. The Bertz CT molecular complexity index is 1170. The van der Waals surface area contributed by atoms with E-state index >= 15 is 0 Å². The van der Waals surface area contributed by atoms with Gasteiger partial charge in [-0.25, -0.2) is 4.79 Å². The van der Waals surface area contributed by atoms with Crippen LogP contribution in [0.4, 0.5) is 16.2 Å². The molecule has 3 aromatic rings. The summed E-state index contributed by atoms with van der Waals surface area (Å²) < 4.78 is 1.11. The number of carbonyl (C=O) groups is 3. The Kier molecular flexibility index (Phi) is 8.44. The number of carbonyl (C=O) groups excluding carboxylic acids is 3. The third kappa shape index (κ3) is 6.22. The van der Waals surface area contributed by atoms with Crippen LogP contribution in [0.15, 0.2) is 66.7 Å². The van der Waals surface area contributed by atoms with Crippen molar-refractivity contribution >= 4 is 52.2 Å². The van der Waals surface area contributed by atoms with Gasteiger partial charge in [-0.3, -0.25) is 4.79 Å². The Labute approximate surface area is 213 Å². The molecule has 2 N–H and O–H groups in total. The van der Waals surface area contributed by atoms with Crippen LogP contribution in [0.2, 0.25) is 0 Å². The van der Waals surface area contributed by atoms with Crippen molar-refractivity contribution in [1.82, 2.24) is 4.90 Å². The van der Waals surface area contributed by atoms with Crippen LogP contribution in [0, 0.1) is 16.4 Å². The Morgan fingerprint density at radius 2 is 1.50 bits per heavy atom. The van der Waals surface area contributed by atoms with E-state index in [9.17, 15) is 14.4 Å². The number of rotatable bonds is 7. The van der Waals surface area contributed by atoms with Gasteiger partial charge in [0.25, 0.3) is 5.91 Å². The number of aldehydes is 1. The minimum absolute atomic E-state index is 0.0421. The van der Waals surface area contributed by atoms with Crippen LogP contribution in [0.25, 0.3) is 11.1 Å². The maximum atomic E-state index is 12.7. The van der Waals surface area contributed by atoms with Crippen molar-refractivity contribution in [3.05, 3.63) is 81.4 Å². The van der Waals surface area contributed by atoms with Gasteiger partial charge in [-0.15, -0.1) is 0 Å². The van der Waals surface area contributed by atoms with Gasteiger partial charge in [-0.05, 0) is 94.6 Å². The van der Waals surface area contributed by atoms with Gasteiger partial charge in [0.2, 0.25) is 0 Å². The van der Waals surface area contributed by atoms with E-state index in [0.29, 0.717) is 11.3 Å². The first-order valence-electron chi connectivity index (χ1n) is 11.0. The van der Waals surface area contributed by atoms with E-state index in [2.05, 4.69) is 33.2 Å². The van der Waals surface area contributed by atoms with Crippen LogP contribution in [-0.4, -0.2) is 36.2 Å². The van der Waals surface area contributed by atoms with E-state index in [1.807, 2.05) is 75.4 Å². The highest BCUT2D eigenvalue weighted by Gasteiger charge is 2.23. The fourth-order valence-corrected chi connectivity index (χ4v) is 4.28. The monoisotopic (exact) mass is 569 g/mol. The summed E-state index contributed by atoms with van der Waals surface area (Å²) in [7, 11) is 1.65. The first kappa shape index (κ1) is 25.4. The number of likely N-dealkylation sites (N-methyl/N-ethyl adjacent to an activating group) is 1. The van der Waals surface area contributed by atoms with E-state index in [1.165, 1.54) is 4.90 Å². The quantitative estimate of drug-likeness (QED) is 0.263. The first-order chi connectivity index (χ1) is 16.2. The molecule has 34 heavy (non-hydrogen) atoms. The van der Waals surface area contributed by atoms with Gasteiger partial charge in [0.05, 0.1) is 6.04 Å². The third-order valence-corrected chi connectivity index (χ3v) is 6.31. The van der Waals surface area contributed by atoms with Crippen molar-refractivity contribution < 1.29 is 14.4 Å². The van der Waals surface area contributed by atoms with Crippen molar-refractivity contribution in [3.8, 4) is 11.1 Å². The zero-order chi connectivity index (χ0) is 24.8. The molecule has 7 heteroatoms. The number of nitrogens with zero attached hydrogens (tertiary/aromatic N) is 1. The van der Waals surface area contributed by atoms with Gasteiger partial charge in [-0.2, -0.15) is 0 Å². The summed E-state index contributed by atoms with van der Waals surface area (Å²) in [5, 5.41) is 5.71. The molecule has 0 saturated carbocycles. The van der Waals surface area contributed by atoms with Crippen LogP contribution < -0.4 is 10.6 Å². The van der Waals surface area contributed by atoms with Crippen LogP contribution in [-0.2, 0) is 4.79 Å². The Balaban J connectivity index is 1.64. The third-order valence-electron chi connectivity index (χ3n) is 5.63. The molecule has 0 aliphatic carbocycles. The SMILES string of the molecule is Cc1cc(I)ccc1NC(=O)Nc1ccc(-c2ccc(C(=O)N(C)[C@H](C=O)C(C)C)cc2)cc1. The van der Waals surface area contributed by atoms with Crippen molar-refractivity contribution in [2.24, 2.45) is 5.92 Å². The van der Waals surface area contributed by atoms with Gasteiger partial charge in [0, 0.05) is 27.6 Å². The second kappa shape index (κ2) is 11.3. The zero-order valence-electron chi connectivity index (χ0n) is 19.6. The van der Waals surface area contributed by atoms with Gasteiger partial charge >= 0.3 is 6.03 Å². The smallest absolute Gasteiger partial charge is 0.323 e. The van der Waals surface area contributed by atoms with Crippen molar-refractivity contribution in [2.75, 3.05) is 17.7 Å². The minimum Gasteiger partial charge on any atom is -0.332 e. The lowest BCUT2D eigenvalue weighted by molar-refractivity contribution is -0.112. The lowest BCUT2D eigenvalue weighted by Gasteiger charge is -2.26. The number of anilines is 2. The highest BCUT2D eigenvalue weighted by Crippen LogP contribution is 2.23. The van der Waals surface area contributed by atoms with Crippen LogP contribution in [0.3, 0.4) is 0 Å². The number of benzene rings is 3. The average molecular weight is 569 g/mol. The molecule has 0 aliphatic heterocycles. The van der Waals surface area contributed by atoms with Crippen molar-refractivity contribution in [3.63, 3.8) is 0 Å². The van der Waals surface area contributed by atoms with E-state index in [0.717, 1.165) is 32.2 Å². The van der Waals surface area contributed by atoms with Crippen LogP contribution in [0.5, 0.6) is 0 Å². The molecule has 0 spiro atoms. The summed E-state index contributed by atoms with van der Waals surface area (Å²) in [4.78, 5) is 37.9.